The molecule has 2 aromatic rings. The van der Waals surface area contributed by atoms with E-state index in [0.29, 0.717) is 22.9 Å². The number of rotatable bonds is 2. The summed E-state index contributed by atoms with van der Waals surface area (Å²) in [4.78, 5) is 12.2. The molecule has 2 aromatic heterocycles. The Kier molecular flexibility index (Phi) is 3.25. The van der Waals surface area contributed by atoms with Crippen molar-refractivity contribution in [3.05, 3.63) is 71.8 Å². The second-order valence-electron chi connectivity index (χ2n) is 5.01. The SMILES string of the molecule is O=C1C(c2ccco2)=C2C=C/C(=C\c3ccco3)OC2OC1O. The lowest BCUT2D eigenvalue weighted by Gasteiger charge is -2.31. The summed E-state index contributed by atoms with van der Waals surface area (Å²) in [7, 11) is 0. The fourth-order valence-corrected chi connectivity index (χ4v) is 2.50. The van der Waals surface area contributed by atoms with Crippen LogP contribution in [0.1, 0.15) is 11.5 Å². The Morgan fingerprint density at radius 3 is 2.65 bits per heavy atom. The highest BCUT2D eigenvalue weighted by molar-refractivity contribution is 6.23. The average Bonchev–Trinajstić information content (AvgIpc) is 3.22. The van der Waals surface area contributed by atoms with Gasteiger partial charge < -0.3 is 23.4 Å². The zero-order valence-corrected chi connectivity index (χ0v) is 11.8. The van der Waals surface area contributed by atoms with Gasteiger partial charge in [0.05, 0.1) is 18.1 Å². The van der Waals surface area contributed by atoms with E-state index in [0.717, 1.165) is 0 Å². The molecule has 0 radical (unpaired) electrons. The quantitative estimate of drug-likeness (QED) is 0.917. The minimum atomic E-state index is -1.60. The molecule has 0 aromatic carbocycles. The van der Waals surface area contributed by atoms with Crippen LogP contribution in [0.25, 0.3) is 11.6 Å². The van der Waals surface area contributed by atoms with E-state index >= 15 is 0 Å². The minimum Gasteiger partial charge on any atom is -0.465 e. The van der Waals surface area contributed by atoms with Crippen molar-refractivity contribution < 1.29 is 28.2 Å². The number of hydrogen-bond donors (Lipinski definition) is 1. The van der Waals surface area contributed by atoms with E-state index in [1.165, 1.54) is 6.26 Å². The number of carbonyl (C=O) groups is 1. The van der Waals surface area contributed by atoms with Crippen LogP contribution in [0.5, 0.6) is 0 Å². The molecule has 6 heteroatoms. The molecule has 0 saturated carbocycles. The number of aliphatic hydroxyl groups excluding tert-OH is 1. The normalized spacial score (nSPS) is 25.6. The molecule has 4 rings (SSSR count). The Morgan fingerprint density at radius 2 is 1.91 bits per heavy atom. The van der Waals surface area contributed by atoms with Crippen LogP contribution >= 0.6 is 0 Å². The summed E-state index contributed by atoms with van der Waals surface area (Å²) in [5, 5.41) is 9.84. The van der Waals surface area contributed by atoms with Crippen molar-refractivity contribution in [2.45, 2.75) is 12.6 Å². The number of furan rings is 2. The monoisotopic (exact) mass is 312 g/mol. The highest BCUT2D eigenvalue weighted by Gasteiger charge is 2.39. The Bertz CT molecular complexity index is 807. The summed E-state index contributed by atoms with van der Waals surface area (Å²) in [6, 6.07) is 6.86. The third kappa shape index (κ3) is 2.44. The predicted octanol–water partition coefficient (Wildman–Crippen LogP) is 2.50. The molecule has 0 amide bonds. The maximum Gasteiger partial charge on any atom is 0.230 e. The molecular weight excluding hydrogens is 300 g/mol. The number of aliphatic hydroxyl groups is 1. The van der Waals surface area contributed by atoms with E-state index in [4.69, 9.17) is 18.3 Å². The van der Waals surface area contributed by atoms with Crippen molar-refractivity contribution in [3.63, 3.8) is 0 Å². The zero-order chi connectivity index (χ0) is 15.8. The number of Topliss-reactive ketones (excluding diaryl/α,β-unsaturated/α-hetero) is 1. The van der Waals surface area contributed by atoms with E-state index in [1.807, 2.05) is 0 Å². The summed E-state index contributed by atoms with van der Waals surface area (Å²) >= 11 is 0. The second-order valence-corrected chi connectivity index (χ2v) is 5.01. The van der Waals surface area contributed by atoms with Gasteiger partial charge in [-0.15, -0.1) is 0 Å². The highest BCUT2D eigenvalue weighted by Crippen LogP contribution is 2.35. The van der Waals surface area contributed by atoms with E-state index in [9.17, 15) is 9.90 Å². The number of allylic oxidation sites excluding steroid dienone is 1. The van der Waals surface area contributed by atoms with Gasteiger partial charge in [-0.1, -0.05) is 0 Å². The molecule has 0 fully saturated rings. The summed E-state index contributed by atoms with van der Waals surface area (Å²) < 4.78 is 21.5. The van der Waals surface area contributed by atoms with Gasteiger partial charge in [-0.3, -0.25) is 4.79 Å². The van der Waals surface area contributed by atoms with Gasteiger partial charge in [0, 0.05) is 11.6 Å². The summed E-state index contributed by atoms with van der Waals surface area (Å²) in [6.07, 6.45) is 5.62. The topological polar surface area (TPSA) is 82.0 Å². The first kappa shape index (κ1) is 13.8. The number of ether oxygens (including phenoxy) is 2. The van der Waals surface area contributed by atoms with Crippen LogP contribution in [-0.2, 0) is 14.3 Å². The fraction of sp³-hybridized carbons (Fsp3) is 0.118. The first-order valence-corrected chi connectivity index (χ1v) is 6.98. The Labute approximate surface area is 130 Å². The van der Waals surface area contributed by atoms with Crippen molar-refractivity contribution >= 4 is 17.4 Å². The molecule has 0 aliphatic carbocycles. The molecule has 4 heterocycles. The number of hydrogen-bond acceptors (Lipinski definition) is 6. The van der Waals surface area contributed by atoms with Gasteiger partial charge in [0.2, 0.25) is 18.4 Å². The van der Waals surface area contributed by atoms with Crippen molar-refractivity contribution in [2.75, 3.05) is 0 Å². The smallest absolute Gasteiger partial charge is 0.230 e. The standard InChI is InChI=1S/C17H12O6/c18-15-14(13-4-2-8-21-13)12-6-5-11(9-10-3-1-7-20-10)22-17(12)23-16(15)19/h1-9,16-17,19H/b11-9+. The second kappa shape index (κ2) is 5.42. The number of fused-ring (bicyclic) bond motifs is 1. The molecule has 23 heavy (non-hydrogen) atoms. The lowest BCUT2D eigenvalue weighted by Crippen LogP contribution is -2.39. The van der Waals surface area contributed by atoms with E-state index in [-0.39, 0.29) is 5.57 Å². The van der Waals surface area contributed by atoms with Crippen LogP contribution < -0.4 is 0 Å². The number of carbonyl (C=O) groups excluding carboxylic acids is 1. The van der Waals surface area contributed by atoms with Crippen LogP contribution in [0.3, 0.4) is 0 Å². The summed E-state index contributed by atoms with van der Waals surface area (Å²) in [5.41, 5.74) is 0.763. The molecule has 0 saturated heterocycles. The Hall–Kier alpha value is -2.83. The molecule has 1 N–H and O–H groups in total. The molecule has 6 nitrogen and oxygen atoms in total. The third-order valence-electron chi connectivity index (χ3n) is 3.53. The maximum absolute atomic E-state index is 12.2. The van der Waals surface area contributed by atoms with Gasteiger partial charge in [0.25, 0.3) is 0 Å². The molecular formula is C17H12O6. The maximum atomic E-state index is 12.2. The Morgan fingerprint density at radius 1 is 1.09 bits per heavy atom. The highest BCUT2D eigenvalue weighted by atomic mass is 16.7. The van der Waals surface area contributed by atoms with Gasteiger partial charge >= 0.3 is 0 Å². The molecule has 2 aliphatic rings. The molecule has 2 atom stereocenters. The van der Waals surface area contributed by atoms with Crippen LogP contribution in [0.2, 0.25) is 0 Å². The third-order valence-corrected chi connectivity index (χ3v) is 3.53. The van der Waals surface area contributed by atoms with Crippen LogP contribution in [0, 0.1) is 0 Å². The van der Waals surface area contributed by atoms with E-state index < -0.39 is 18.4 Å². The van der Waals surface area contributed by atoms with Crippen molar-refractivity contribution in [3.8, 4) is 0 Å². The molecule has 0 spiro atoms. The number of ketones is 1. The van der Waals surface area contributed by atoms with Crippen molar-refractivity contribution in [1.29, 1.82) is 0 Å². The van der Waals surface area contributed by atoms with Crippen LogP contribution in [0.4, 0.5) is 0 Å². The van der Waals surface area contributed by atoms with Crippen LogP contribution in [-0.4, -0.2) is 23.5 Å². The summed E-state index contributed by atoms with van der Waals surface area (Å²) in [5.74, 6) is 0.923. The molecule has 2 aliphatic heterocycles. The van der Waals surface area contributed by atoms with Gasteiger partial charge in [0.15, 0.2) is 0 Å². The average molecular weight is 312 g/mol. The zero-order valence-electron chi connectivity index (χ0n) is 11.8. The van der Waals surface area contributed by atoms with E-state index in [2.05, 4.69) is 0 Å². The largest absolute Gasteiger partial charge is 0.465 e. The van der Waals surface area contributed by atoms with Gasteiger partial charge in [-0.2, -0.15) is 0 Å². The first-order valence-electron chi connectivity index (χ1n) is 6.98. The first-order chi connectivity index (χ1) is 11.2. The summed E-state index contributed by atoms with van der Waals surface area (Å²) in [6.45, 7) is 0. The van der Waals surface area contributed by atoms with Gasteiger partial charge in [-0.25, -0.2) is 0 Å². The van der Waals surface area contributed by atoms with Gasteiger partial charge in [0.1, 0.15) is 17.3 Å². The van der Waals surface area contributed by atoms with E-state index in [1.54, 1.807) is 48.8 Å². The Balaban J connectivity index is 1.77. The minimum absolute atomic E-state index is 0.257. The molecule has 2 unspecified atom stereocenters. The van der Waals surface area contributed by atoms with Crippen LogP contribution in [0.15, 0.2) is 69.1 Å². The lowest BCUT2D eigenvalue weighted by molar-refractivity contribution is -0.200. The van der Waals surface area contributed by atoms with Crippen molar-refractivity contribution in [1.82, 2.24) is 0 Å². The fourth-order valence-electron chi connectivity index (χ4n) is 2.50. The lowest BCUT2D eigenvalue weighted by atomic mass is 9.96. The molecule has 0 bridgehead atoms. The van der Waals surface area contributed by atoms with Gasteiger partial charge in [-0.05, 0) is 36.4 Å². The molecule has 116 valence electrons. The van der Waals surface area contributed by atoms with Crippen molar-refractivity contribution in [2.24, 2.45) is 0 Å². The predicted molar refractivity (Wildman–Crippen MR) is 78.4 cm³/mol.